The number of rotatable bonds is 2. The van der Waals surface area contributed by atoms with Gasteiger partial charge in [0.25, 0.3) is 0 Å². The Morgan fingerprint density at radius 2 is 1.71 bits per heavy atom. The number of nitrogens with zero attached hydrogens (tertiary/aromatic N) is 2. The molecular formula is C11H7ClF2N2O. The first kappa shape index (κ1) is 11.7. The molecule has 0 radical (unpaired) electrons. The molecule has 0 saturated heterocycles. The van der Waals surface area contributed by atoms with Gasteiger partial charge in [0.1, 0.15) is 17.4 Å². The third-order valence-corrected chi connectivity index (χ3v) is 2.03. The van der Waals surface area contributed by atoms with E-state index in [0.717, 1.165) is 18.2 Å². The van der Waals surface area contributed by atoms with Crippen molar-refractivity contribution in [2.75, 3.05) is 0 Å². The van der Waals surface area contributed by atoms with Crippen molar-refractivity contribution in [3.63, 3.8) is 0 Å². The zero-order valence-electron chi connectivity index (χ0n) is 8.75. The Bertz CT molecular complexity index is 473. The van der Waals surface area contributed by atoms with Crippen LogP contribution in [0.1, 0.15) is 5.69 Å². The van der Waals surface area contributed by atoms with E-state index in [4.69, 9.17) is 16.3 Å². The van der Waals surface area contributed by atoms with Crippen molar-refractivity contribution >= 4 is 11.6 Å². The Labute approximate surface area is 101 Å². The van der Waals surface area contributed by atoms with Gasteiger partial charge >= 0.3 is 0 Å². The highest BCUT2D eigenvalue weighted by Gasteiger charge is 2.05. The summed E-state index contributed by atoms with van der Waals surface area (Å²) in [6.07, 6.45) is 0. The molecule has 0 unspecified atom stereocenters. The summed E-state index contributed by atoms with van der Waals surface area (Å²) >= 11 is 5.63. The summed E-state index contributed by atoms with van der Waals surface area (Å²) in [5.74, 6) is -1.31. The molecule has 0 N–H and O–H groups in total. The first-order valence-electron chi connectivity index (χ1n) is 4.68. The van der Waals surface area contributed by atoms with Gasteiger partial charge < -0.3 is 4.74 Å². The van der Waals surface area contributed by atoms with E-state index >= 15 is 0 Å². The van der Waals surface area contributed by atoms with Gasteiger partial charge in [-0.15, -0.1) is 0 Å². The van der Waals surface area contributed by atoms with Crippen molar-refractivity contribution in [3.8, 4) is 11.6 Å². The van der Waals surface area contributed by atoms with E-state index in [1.54, 1.807) is 6.92 Å². The summed E-state index contributed by atoms with van der Waals surface area (Å²) in [6.45, 7) is 1.70. The maximum atomic E-state index is 12.9. The van der Waals surface area contributed by atoms with Gasteiger partial charge in [0.2, 0.25) is 11.2 Å². The molecule has 0 aliphatic carbocycles. The number of ether oxygens (including phenoxy) is 1. The molecule has 1 aromatic heterocycles. The molecule has 3 nitrogen and oxygen atoms in total. The maximum Gasteiger partial charge on any atom is 0.225 e. The Balaban J connectivity index is 2.31. The molecule has 17 heavy (non-hydrogen) atoms. The summed E-state index contributed by atoms with van der Waals surface area (Å²) in [4.78, 5) is 7.61. The maximum absolute atomic E-state index is 12.9. The van der Waals surface area contributed by atoms with E-state index < -0.39 is 11.6 Å². The molecule has 88 valence electrons. The number of aromatic nitrogens is 2. The van der Waals surface area contributed by atoms with Crippen molar-refractivity contribution in [1.29, 1.82) is 0 Å². The minimum absolute atomic E-state index is 0.0108. The quantitative estimate of drug-likeness (QED) is 0.771. The molecule has 0 fully saturated rings. The van der Waals surface area contributed by atoms with Gasteiger partial charge in [0.15, 0.2) is 0 Å². The minimum atomic E-state index is -0.725. The molecule has 0 amide bonds. The van der Waals surface area contributed by atoms with Crippen molar-refractivity contribution in [1.82, 2.24) is 9.97 Å². The van der Waals surface area contributed by atoms with Gasteiger partial charge in [-0.25, -0.2) is 13.8 Å². The monoisotopic (exact) mass is 256 g/mol. The highest BCUT2D eigenvalue weighted by atomic mass is 35.5. The Morgan fingerprint density at radius 1 is 1.06 bits per heavy atom. The highest BCUT2D eigenvalue weighted by molar-refractivity contribution is 6.28. The van der Waals surface area contributed by atoms with Crippen molar-refractivity contribution in [2.45, 2.75) is 6.92 Å². The van der Waals surface area contributed by atoms with E-state index in [1.165, 1.54) is 6.07 Å². The van der Waals surface area contributed by atoms with Crippen LogP contribution in [0.15, 0.2) is 24.3 Å². The fourth-order valence-corrected chi connectivity index (χ4v) is 1.48. The number of aryl methyl sites for hydroxylation is 1. The summed E-state index contributed by atoms with van der Waals surface area (Å²) < 4.78 is 31.0. The predicted octanol–water partition coefficient (Wildman–Crippen LogP) is 3.51. The van der Waals surface area contributed by atoms with E-state index in [2.05, 4.69) is 9.97 Å². The fourth-order valence-electron chi connectivity index (χ4n) is 1.27. The van der Waals surface area contributed by atoms with Gasteiger partial charge in [0.05, 0.1) is 0 Å². The lowest BCUT2D eigenvalue weighted by Crippen LogP contribution is -1.93. The van der Waals surface area contributed by atoms with E-state index in [9.17, 15) is 8.78 Å². The first-order valence-corrected chi connectivity index (χ1v) is 5.06. The first-order chi connectivity index (χ1) is 8.02. The van der Waals surface area contributed by atoms with E-state index in [-0.39, 0.29) is 16.9 Å². The Morgan fingerprint density at radius 3 is 2.29 bits per heavy atom. The van der Waals surface area contributed by atoms with Crippen molar-refractivity contribution in [2.24, 2.45) is 0 Å². The van der Waals surface area contributed by atoms with Crippen LogP contribution in [0.5, 0.6) is 11.6 Å². The molecule has 6 heteroatoms. The third-order valence-electron chi connectivity index (χ3n) is 1.86. The smallest absolute Gasteiger partial charge is 0.225 e. The minimum Gasteiger partial charge on any atom is -0.439 e. The van der Waals surface area contributed by atoms with E-state index in [1.807, 2.05) is 0 Å². The van der Waals surface area contributed by atoms with Gasteiger partial charge in [0, 0.05) is 30.0 Å². The molecule has 0 bridgehead atoms. The molecule has 1 heterocycles. The zero-order chi connectivity index (χ0) is 12.4. The molecule has 1 aromatic carbocycles. The second kappa shape index (κ2) is 4.63. The predicted molar refractivity (Wildman–Crippen MR) is 58.2 cm³/mol. The Kier molecular flexibility index (Phi) is 3.19. The van der Waals surface area contributed by atoms with Crippen LogP contribution < -0.4 is 4.74 Å². The number of halogens is 3. The van der Waals surface area contributed by atoms with Crippen LogP contribution >= 0.6 is 11.6 Å². The molecule has 0 atom stereocenters. The fraction of sp³-hybridized carbons (Fsp3) is 0.0909. The van der Waals surface area contributed by atoms with Crippen LogP contribution in [0.4, 0.5) is 8.78 Å². The number of hydrogen-bond acceptors (Lipinski definition) is 3. The molecule has 0 aliphatic heterocycles. The largest absolute Gasteiger partial charge is 0.439 e. The Hall–Kier alpha value is -1.75. The SMILES string of the molecule is Cc1cc(Oc2cc(F)cc(F)c2)nc(Cl)n1. The van der Waals surface area contributed by atoms with Crippen LogP contribution in [0.3, 0.4) is 0 Å². The lowest BCUT2D eigenvalue weighted by atomic mass is 10.3. The molecular weight excluding hydrogens is 250 g/mol. The number of hydrogen-bond donors (Lipinski definition) is 0. The summed E-state index contributed by atoms with van der Waals surface area (Å²) in [5.41, 5.74) is 0.594. The van der Waals surface area contributed by atoms with Gasteiger partial charge in [-0.3, -0.25) is 0 Å². The van der Waals surface area contributed by atoms with Crippen LogP contribution in [0.2, 0.25) is 5.28 Å². The van der Waals surface area contributed by atoms with Crippen LogP contribution in [-0.4, -0.2) is 9.97 Å². The van der Waals surface area contributed by atoms with E-state index in [0.29, 0.717) is 5.69 Å². The highest BCUT2D eigenvalue weighted by Crippen LogP contribution is 2.22. The second-order valence-electron chi connectivity index (χ2n) is 3.32. The summed E-state index contributed by atoms with van der Waals surface area (Å²) in [7, 11) is 0. The molecule has 0 aliphatic rings. The second-order valence-corrected chi connectivity index (χ2v) is 3.66. The molecule has 0 saturated carbocycles. The van der Waals surface area contributed by atoms with Crippen LogP contribution in [0, 0.1) is 18.6 Å². The molecule has 2 rings (SSSR count). The standard InChI is InChI=1S/C11H7ClF2N2O/c1-6-2-10(16-11(12)15-6)17-9-4-7(13)3-8(14)5-9/h2-5H,1H3. The lowest BCUT2D eigenvalue weighted by Gasteiger charge is -2.05. The summed E-state index contributed by atoms with van der Waals surface area (Å²) in [6, 6.07) is 4.36. The van der Waals surface area contributed by atoms with Gasteiger partial charge in [-0.05, 0) is 18.5 Å². The lowest BCUT2D eigenvalue weighted by molar-refractivity contribution is 0.449. The third kappa shape index (κ3) is 3.10. The van der Waals surface area contributed by atoms with Crippen LogP contribution in [-0.2, 0) is 0 Å². The van der Waals surface area contributed by atoms with Gasteiger partial charge in [-0.2, -0.15) is 4.98 Å². The van der Waals surface area contributed by atoms with Gasteiger partial charge in [-0.1, -0.05) is 0 Å². The average molecular weight is 257 g/mol. The van der Waals surface area contributed by atoms with Crippen molar-refractivity contribution < 1.29 is 13.5 Å². The number of benzene rings is 1. The van der Waals surface area contributed by atoms with Crippen molar-refractivity contribution in [3.05, 3.63) is 46.9 Å². The van der Waals surface area contributed by atoms with Crippen LogP contribution in [0.25, 0.3) is 0 Å². The normalized spacial score (nSPS) is 10.4. The molecule has 0 spiro atoms. The zero-order valence-corrected chi connectivity index (χ0v) is 9.50. The summed E-state index contributed by atoms with van der Waals surface area (Å²) in [5, 5.41) is 0.0110. The average Bonchev–Trinajstić information content (AvgIpc) is 2.13. The topological polar surface area (TPSA) is 35.0 Å². The molecule has 2 aromatic rings.